The van der Waals surface area contributed by atoms with Gasteiger partial charge < -0.3 is 5.11 Å². The van der Waals surface area contributed by atoms with Gasteiger partial charge in [0.1, 0.15) is 0 Å². The topological polar surface area (TPSA) is 50.2 Å². The van der Waals surface area contributed by atoms with E-state index in [1.54, 1.807) is 6.20 Å². The van der Waals surface area contributed by atoms with Crippen LogP contribution in [0.2, 0.25) is 0 Å². The molecule has 0 aliphatic carbocycles. The normalized spacial score (nSPS) is 12.7. The van der Waals surface area contributed by atoms with Crippen LogP contribution in [0, 0.1) is 11.8 Å². The number of nitrogens with zero attached hydrogens (tertiary/aromatic N) is 1. The Bertz CT molecular complexity index is 309. The molecule has 3 heteroatoms. The van der Waals surface area contributed by atoms with Crippen LogP contribution in [-0.4, -0.2) is 16.1 Å². The Labute approximate surface area is 90.2 Å². The van der Waals surface area contributed by atoms with E-state index in [0.29, 0.717) is 6.42 Å². The maximum absolute atomic E-state index is 10.9. The average molecular weight is 207 g/mol. The molecule has 15 heavy (non-hydrogen) atoms. The van der Waals surface area contributed by atoms with Crippen LogP contribution in [0.4, 0.5) is 0 Å². The first-order valence-electron chi connectivity index (χ1n) is 5.24. The number of hydrogen-bond donors (Lipinski definition) is 1. The fraction of sp³-hybridized carbons (Fsp3) is 0.500. The maximum atomic E-state index is 10.9. The Balaban J connectivity index is 2.51. The number of carboxylic acid groups (broad SMARTS) is 1. The zero-order valence-electron chi connectivity index (χ0n) is 9.18. The number of pyridine rings is 1. The highest BCUT2D eigenvalue weighted by Gasteiger charge is 2.20. The van der Waals surface area contributed by atoms with Gasteiger partial charge in [-0.3, -0.25) is 9.78 Å². The lowest BCUT2D eigenvalue weighted by molar-refractivity contribution is -0.143. The van der Waals surface area contributed by atoms with Crippen molar-refractivity contribution in [1.82, 2.24) is 4.98 Å². The second-order valence-electron chi connectivity index (χ2n) is 4.05. The molecule has 0 spiro atoms. The summed E-state index contributed by atoms with van der Waals surface area (Å²) in [7, 11) is 0. The van der Waals surface area contributed by atoms with E-state index in [0.717, 1.165) is 12.1 Å². The predicted molar refractivity (Wildman–Crippen MR) is 58.5 cm³/mol. The molecule has 0 aliphatic rings. The van der Waals surface area contributed by atoms with E-state index in [1.165, 1.54) is 0 Å². The van der Waals surface area contributed by atoms with E-state index in [4.69, 9.17) is 5.11 Å². The van der Waals surface area contributed by atoms with Crippen LogP contribution in [-0.2, 0) is 11.2 Å². The van der Waals surface area contributed by atoms with E-state index in [9.17, 15) is 4.79 Å². The summed E-state index contributed by atoms with van der Waals surface area (Å²) in [6.45, 7) is 3.88. The monoisotopic (exact) mass is 207 g/mol. The van der Waals surface area contributed by atoms with Gasteiger partial charge in [0.15, 0.2) is 0 Å². The van der Waals surface area contributed by atoms with Crippen LogP contribution in [0.5, 0.6) is 0 Å². The molecule has 0 fully saturated rings. The van der Waals surface area contributed by atoms with Crippen LogP contribution in [0.3, 0.4) is 0 Å². The van der Waals surface area contributed by atoms with Crippen molar-refractivity contribution in [3.63, 3.8) is 0 Å². The zero-order valence-corrected chi connectivity index (χ0v) is 9.18. The molecule has 1 aromatic heterocycles. The Morgan fingerprint density at radius 1 is 1.47 bits per heavy atom. The highest BCUT2D eigenvalue weighted by atomic mass is 16.4. The molecular weight excluding hydrogens is 190 g/mol. The Kier molecular flexibility index (Phi) is 4.28. The fourth-order valence-electron chi connectivity index (χ4n) is 1.59. The van der Waals surface area contributed by atoms with Gasteiger partial charge in [0, 0.05) is 11.9 Å². The molecule has 3 nitrogen and oxygen atoms in total. The minimum atomic E-state index is -0.707. The molecule has 0 aliphatic heterocycles. The number of hydrogen-bond acceptors (Lipinski definition) is 2. The fourth-order valence-corrected chi connectivity index (χ4v) is 1.59. The highest BCUT2D eigenvalue weighted by molar-refractivity contribution is 5.70. The van der Waals surface area contributed by atoms with E-state index in [1.807, 2.05) is 32.0 Å². The van der Waals surface area contributed by atoms with Gasteiger partial charge in [-0.1, -0.05) is 19.9 Å². The van der Waals surface area contributed by atoms with Crippen LogP contribution < -0.4 is 0 Å². The van der Waals surface area contributed by atoms with Gasteiger partial charge in [0.2, 0.25) is 0 Å². The van der Waals surface area contributed by atoms with Gasteiger partial charge in [-0.05, 0) is 30.9 Å². The number of carboxylic acids is 1. The summed E-state index contributed by atoms with van der Waals surface area (Å²) < 4.78 is 0. The third-order valence-electron chi connectivity index (χ3n) is 2.56. The Morgan fingerprint density at radius 2 is 2.20 bits per heavy atom. The molecule has 1 rings (SSSR count). The molecule has 0 amide bonds. The van der Waals surface area contributed by atoms with Gasteiger partial charge in [0.05, 0.1) is 5.92 Å². The third kappa shape index (κ3) is 3.70. The summed E-state index contributed by atoms with van der Waals surface area (Å²) in [6.07, 6.45) is 3.13. The Morgan fingerprint density at radius 3 is 2.67 bits per heavy atom. The molecule has 1 unspecified atom stereocenters. The molecule has 0 bridgehead atoms. The summed E-state index contributed by atoms with van der Waals surface area (Å²) in [5.41, 5.74) is 0.962. The third-order valence-corrected chi connectivity index (χ3v) is 2.56. The first kappa shape index (κ1) is 11.7. The summed E-state index contributed by atoms with van der Waals surface area (Å²) in [5.74, 6) is -0.806. The molecule has 82 valence electrons. The summed E-state index contributed by atoms with van der Waals surface area (Å²) in [6, 6.07) is 5.72. The average Bonchev–Trinajstić information content (AvgIpc) is 2.18. The van der Waals surface area contributed by atoms with Crippen LogP contribution in [0.15, 0.2) is 24.4 Å². The van der Waals surface area contributed by atoms with Crippen molar-refractivity contribution in [3.05, 3.63) is 30.1 Å². The SMILES string of the molecule is CC(C)C(CCc1ccccn1)C(=O)O. The number of rotatable bonds is 5. The lowest BCUT2D eigenvalue weighted by Crippen LogP contribution is -2.20. The van der Waals surface area contributed by atoms with Crippen molar-refractivity contribution < 1.29 is 9.90 Å². The molecule has 0 saturated carbocycles. The smallest absolute Gasteiger partial charge is 0.306 e. The molecule has 1 heterocycles. The van der Waals surface area contributed by atoms with E-state index < -0.39 is 5.97 Å². The largest absolute Gasteiger partial charge is 0.481 e. The molecule has 1 atom stereocenters. The minimum Gasteiger partial charge on any atom is -0.481 e. The number of aryl methyl sites for hydroxylation is 1. The lowest BCUT2D eigenvalue weighted by Gasteiger charge is -2.15. The van der Waals surface area contributed by atoms with Gasteiger partial charge in [-0.25, -0.2) is 0 Å². The van der Waals surface area contributed by atoms with Crippen LogP contribution >= 0.6 is 0 Å². The Hall–Kier alpha value is -1.38. The van der Waals surface area contributed by atoms with Gasteiger partial charge >= 0.3 is 5.97 Å². The van der Waals surface area contributed by atoms with E-state index in [2.05, 4.69) is 4.98 Å². The first-order chi connectivity index (χ1) is 7.11. The summed E-state index contributed by atoms with van der Waals surface area (Å²) in [5, 5.41) is 9.00. The first-order valence-corrected chi connectivity index (χ1v) is 5.24. The molecule has 1 N–H and O–H groups in total. The van der Waals surface area contributed by atoms with Crippen molar-refractivity contribution in [2.24, 2.45) is 11.8 Å². The van der Waals surface area contributed by atoms with Crippen LogP contribution in [0.1, 0.15) is 26.0 Å². The van der Waals surface area contributed by atoms with E-state index >= 15 is 0 Å². The quantitative estimate of drug-likeness (QED) is 0.806. The molecule has 0 radical (unpaired) electrons. The molecule has 0 aromatic carbocycles. The van der Waals surface area contributed by atoms with Gasteiger partial charge in [-0.2, -0.15) is 0 Å². The predicted octanol–water partition coefficient (Wildman–Crippen LogP) is 2.37. The number of aromatic nitrogens is 1. The van der Waals surface area contributed by atoms with Crippen molar-refractivity contribution in [3.8, 4) is 0 Å². The van der Waals surface area contributed by atoms with Crippen molar-refractivity contribution >= 4 is 5.97 Å². The number of carbonyl (C=O) groups is 1. The van der Waals surface area contributed by atoms with Crippen molar-refractivity contribution in [2.45, 2.75) is 26.7 Å². The van der Waals surface area contributed by atoms with Crippen molar-refractivity contribution in [2.75, 3.05) is 0 Å². The molecular formula is C12H17NO2. The van der Waals surface area contributed by atoms with Gasteiger partial charge in [-0.15, -0.1) is 0 Å². The lowest BCUT2D eigenvalue weighted by atomic mass is 9.91. The zero-order chi connectivity index (χ0) is 11.3. The molecule has 1 aromatic rings. The second-order valence-corrected chi connectivity index (χ2v) is 4.05. The maximum Gasteiger partial charge on any atom is 0.306 e. The van der Waals surface area contributed by atoms with Crippen LogP contribution in [0.25, 0.3) is 0 Å². The summed E-state index contributed by atoms with van der Waals surface area (Å²) >= 11 is 0. The molecule has 0 saturated heterocycles. The summed E-state index contributed by atoms with van der Waals surface area (Å²) in [4.78, 5) is 15.1. The van der Waals surface area contributed by atoms with Crippen molar-refractivity contribution in [1.29, 1.82) is 0 Å². The van der Waals surface area contributed by atoms with E-state index in [-0.39, 0.29) is 11.8 Å². The standard InChI is InChI=1S/C12H17NO2/c1-9(2)11(12(14)15)7-6-10-5-3-4-8-13-10/h3-5,8-9,11H,6-7H2,1-2H3,(H,14,15). The highest BCUT2D eigenvalue weighted by Crippen LogP contribution is 2.17. The number of aliphatic carboxylic acids is 1. The minimum absolute atomic E-state index is 0.172. The van der Waals surface area contributed by atoms with Gasteiger partial charge in [0.25, 0.3) is 0 Å². The second kappa shape index (κ2) is 5.49.